The lowest BCUT2D eigenvalue weighted by atomic mass is 9.89. The molecular weight excluding hydrogens is 326 g/mol. The quantitative estimate of drug-likeness (QED) is 0.885. The van der Waals surface area contributed by atoms with Crippen LogP contribution in [0, 0.1) is 5.41 Å². The second kappa shape index (κ2) is 6.18. The van der Waals surface area contributed by atoms with Crippen LogP contribution < -0.4 is 16.2 Å². The van der Waals surface area contributed by atoms with E-state index < -0.39 is 6.09 Å². The van der Waals surface area contributed by atoms with Crippen molar-refractivity contribution < 1.29 is 14.3 Å². The second-order valence-electron chi connectivity index (χ2n) is 5.91. The number of carbonyl (C=O) groups excluding carboxylic acids is 1. The first kappa shape index (κ1) is 16.6. The Morgan fingerprint density at radius 1 is 1.45 bits per heavy atom. The lowest BCUT2D eigenvalue weighted by molar-refractivity contribution is 0.0241. The average molecular weight is 344 g/mol. The Hall–Kier alpha value is -1.73. The third-order valence-corrected chi connectivity index (χ3v) is 4.18. The number of carbonyl (C=O) groups is 1. The average Bonchev–Trinajstić information content (AvgIpc) is 2.74. The topological polar surface area (TPSA) is 100 Å². The molecule has 1 atom stereocenters. The highest BCUT2D eigenvalue weighted by Crippen LogP contribution is 2.35. The summed E-state index contributed by atoms with van der Waals surface area (Å²) in [5, 5.41) is 0.905. The second-order valence-corrected chi connectivity index (χ2v) is 7.38. The van der Waals surface area contributed by atoms with Gasteiger partial charge in [0.2, 0.25) is 0 Å². The Bertz CT molecular complexity index is 696. The minimum absolute atomic E-state index is 0.0549. The number of nitrogen functional groups attached to an aromatic ring is 1. The summed E-state index contributed by atoms with van der Waals surface area (Å²) < 4.78 is 11.7. The molecule has 22 heavy (non-hydrogen) atoms. The summed E-state index contributed by atoms with van der Waals surface area (Å²) in [5.41, 5.74) is 11.1. The fourth-order valence-electron chi connectivity index (χ4n) is 1.83. The number of nitrogens with two attached hydrogens (primary N) is 2. The number of nitrogens with zero attached hydrogens (tertiary/aromatic N) is 1. The van der Waals surface area contributed by atoms with Gasteiger partial charge in [-0.05, 0) is 6.07 Å². The number of hydrogen-bond donors (Lipinski definition) is 2. The summed E-state index contributed by atoms with van der Waals surface area (Å²) in [4.78, 5) is 15.0. The summed E-state index contributed by atoms with van der Waals surface area (Å²) in [6, 6.07) is 3.49. The summed E-state index contributed by atoms with van der Waals surface area (Å²) in [6.45, 7) is 5.99. The maximum absolute atomic E-state index is 10.8. The molecule has 0 aliphatic rings. The number of halogens is 1. The first-order valence-electron chi connectivity index (χ1n) is 6.61. The number of hydrogen-bond acceptors (Lipinski definition) is 6. The van der Waals surface area contributed by atoms with Crippen molar-refractivity contribution in [1.29, 1.82) is 0 Å². The van der Waals surface area contributed by atoms with Gasteiger partial charge in [-0.25, -0.2) is 9.78 Å². The van der Waals surface area contributed by atoms with E-state index in [0.29, 0.717) is 21.4 Å². The fourth-order valence-corrected chi connectivity index (χ4v) is 2.93. The molecule has 0 radical (unpaired) electrons. The van der Waals surface area contributed by atoms with Crippen LogP contribution in [0.15, 0.2) is 12.1 Å². The molecule has 1 unspecified atom stereocenters. The van der Waals surface area contributed by atoms with E-state index in [1.807, 2.05) is 26.8 Å². The maximum Gasteiger partial charge on any atom is 0.404 e. The molecule has 8 heteroatoms. The van der Waals surface area contributed by atoms with Crippen LogP contribution in [-0.4, -0.2) is 23.8 Å². The molecule has 0 saturated heterocycles. The fraction of sp³-hybridized carbons (Fsp3) is 0.429. The number of anilines is 1. The molecular formula is C14H18ClN3O3S. The highest BCUT2D eigenvalue weighted by atomic mass is 35.5. The van der Waals surface area contributed by atoms with E-state index in [9.17, 15) is 4.79 Å². The van der Waals surface area contributed by atoms with E-state index >= 15 is 0 Å². The summed E-state index contributed by atoms with van der Waals surface area (Å²) >= 11 is 7.53. The van der Waals surface area contributed by atoms with Crippen molar-refractivity contribution in [3.05, 3.63) is 17.2 Å². The lowest BCUT2D eigenvalue weighted by Gasteiger charge is -2.30. The van der Waals surface area contributed by atoms with Gasteiger partial charge in [0.05, 0.1) is 9.72 Å². The Morgan fingerprint density at radius 3 is 2.73 bits per heavy atom. The van der Waals surface area contributed by atoms with Crippen LogP contribution in [-0.2, 0) is 4.74 Å². The monoisotopic (exact) mass is 343 g/mol. The summed E-state index contributed by atoms with van der Waals surface area (Å²) in [5.74, 6) is 0.564. The number of fused-ring (bicyclic) bond motifs is 1. The number of aromatic nitrogens is 1. The van der Waals surface area contributed by atoms with E-state index in [-0.39, 0.29) is 18.1 Å². The van der Waals surface area contributed by atoms with Gasteiger partial charge in [0.25, 0.3) is 0 Å². The number of rotatable bonds is 4. The molecule has 0 aliphatic carbocycles. The summed E-state index contributed by atoms with van der Waals surface area (Å²) in [7, 11) is 0. The Labute approximate surface area is 137 Å². The first-order chi connectivity index (χ1) is 10.2. The van der Waals surface area contributed by atoms with E-state index in [1.165, 1.54) is 11.3 Å². The van der Waals surface area contributed by atoms with Gasteiger partial charge in [0.1, 0.15) is 24.0 Å². The van der Waals surface area contributed by atoms with Crippen molar-refractivity contribution in [3.63, 3.8) is 0 Å². The van der Waals surface area contributed by atoms with Crippen LogP contribution in [0.2, 0.25) is 5.02 Å². The van der Waals surface area contributed by atoms with Gasteiger partial charge in [-0.2, -0.15) is 0 Å². The smallest absolute Gasteiger partial charge is 0.404 e. The van der Waals surface area contributed by atoms with E-state index in [0.717, 1.165) is 4.70 Å². The highest BCUT2D eigenvalue weighted by Gasteiger charge is 2.28. The predicted molar refractivity (Wildman–Crippen MR) is 88.4 cm³/mol. The Balaban J connectivity index is 2.27. The standard InChI is InChI=1S/C14H18ClN3O3S/c1-14(2,3)10(6-20-13(17)19)21-7-4-8(15)11-9(5-7)22-12(16)18-11/h4-5,10H,6H2,1-3H3,(H2,16,18)(H2,17,19). The molecule has 1 amide bonds. The van der Waals surface area contributed by atoms with Crippen LogP contribution in [0.4, 0.5) is 9.93 Å². The summed E-state index contributed by atoms with van der Waals surface area (Å²) in [6.07, 6.45) is -1.21. The highest BCUT2D eigenvalue weighted by molar-refractivity contribution is 7.22. The van der Waals surface area contributed by atoms with Crippen molar-refractivity contribution in [3.8, 4) is 5.75 Å². The Kier molecular flexibility index (Phi) is 4.67. The van der Waals surface area contributed by atoms with Gasteiger partial charge in [0, 0.05) is 11.5 Å². The van der Waals surface area contributed by atoms with Crippen LogP contribution >= 0.6 is 22.9 Å². The number of amides is 1. The number of thiazole rings is 1. The number of benzene rings is 1. The van der Waals surface area contributed by atoms with Gasteiger partial charge in [-0.1, -0.05) is 43.7 Å². The van der Waals surface area contributed by atoms with Crippen molar-refractivity contribution in [2.24, 2.45) is 11.1 Å². The molecule has 0 fully saturated rings. The molecule has 0 saturated carbocycles. The number of primary amides is 1. The van der Waals surface area contributed by atoms with Gasteiger partial charge in [-0.15, -0.1) is 0 Å². The molecule has 120 valence electrons. The number of ether oxygens (including phenoxy) is 2. The predicted octanol–water partition coefficient (Wildman–Crippen LogP) is 3.42. The third-order valence-electron chi connectivity index (χ3n) is 3.06. The van der Waals surface area contributed by atoms with Gasteiger partial charge < -0.3 is 20.9 Å². The van der Waals surface area contributed by atoms with Crippen LogP contribution in [0.1, 0.15) is 20.8 Å². The van der Waals surface area contributed by atoms with Crippen molar-refractivity contribution in [1.82, 2.24) is 4.98 Å². The van der Waals surface area contributed by atoms with Crippen molar-refractivity contribution in [2.45, 2.75) is 26.9 Å². The van der Waals surface area contributed by atoms with Gasteiger partial charge >= 0.3 is 6.09 Å². The van der Waals surface area contributed by atoms with Crippen LogP contribution in [0.25, 0.3) is 10.2 Å². The minimum Gasteiger partial charge on any atom is -0.486 e. The zero-order valence-corrected chi connectivity index (χ0v) is 14.1. The van der Waals surface area contributed by atoms with Crippen LogP contribution in [0.5, 0.6) is 5.75 Å². The molecule has 0 aliphatic heterocycles. The van der Waals surface area contributed by atoms with E-state index in [2.05, 4.69) is 4.98 Å². The minimum atomic E-state index is -0.832. The van der Waals surface area contributed by atoms with Crippen molar-refractivity contribution >= 4 is 44.4 Å². The molecule has 4 N–H and O–H groups in total. The maximum atomic E-state index is 10.8. The molecule has 0 bridgehead atoms. The van der Waals surface area contributed by atoms with E-state index in [4.69, 9.17) is 32.5 Å². The zero-order valence-electron chi connectivity index (χ0n) is 12.6. The van der Waals surface area contributed by atoms with E-state index in [1.54, 1.807) is 6.07 Å². The molecule has 2 aromatic rings. The third kappa shape index (κ3) is 3.92. The lowest BCUT2D eigenvalue weighted by Crippen LogP contribution is -2.37. The molecule has 0 spiro atoms. The molecule has 1 aromatic carbocycles. The Morgan fingerprint density at radius 2 is 2.14 bits per heavy atom. The van der Waals surface area contributed by atoms with Crippen molar-refractivity contribution in [2.75, 3.05) is 12.3 Å². The molecule has 1 aromatic heterocycles. The largest absolute Gasteiger partial charge is 0.486 e. The van der Waals surface area contributed by atoms with Gasteiger partial charge in [-0.3, -0.25) is 0 Å². The molecule has 1 heterocycles. The normalized spacial score (nSPS) is 13.1. The van der Waals surface area contributed by atoms with Crippen LogP contribution in [0.3, 0.4) is 0 Å². The molecule has 2 rings (SSSR count). The first-order valence-corrected chi connectivity index (χ1v) is 7.80. The SMILES string of the molecule is CC(C)(C)C(COC(N)=O)Oc1cc(Cl)c2nc(N)sc2c1. The van der Waals surface area contributed by atoms with Gasteiger partial charge in [0.15, 0.2) is 5.13 Å². The zero-order chi connectivity index (χ0) is 16.5. The molecule has 6 nitrogen and oxygen atoms in total.